The van der Waals surface area contributed by atoms with Gasteiger partial charge in [0.1, 0.15) is 95.4 Å². The predicted molar refractivity (Wildman–Crippen MR) is 171 cm³/mol. The summed E-state index contributed by atoms with van der Waals surface area (Å²) in [6.07, 6.45) is -23.5. The third kappa shape index (κ3) is 7.65. The van der Waals surface area contributed by atoms with Crippen molar-refractivity contribution >= 4 is 11.0 Å². The molecule has 4 heterocycles. The summed E-state index contributed by atoms with van der Waals surface area (Å²) < 4.78 is 38.8. The summed E-state index contributed by atoms with van der Waals surface area (Å²) in [5.74, 6) is -1.72. The van der Waals surface area contributed by atoms with Gasteiger partial charge in [-0.3, -0.25) is 4.79 Å². The van der Waals surface area contributed by atoms with Gasteiger partial charge in [-0.25, -0.2) is 0 Å². The van der Waals surface area contributed by atoms with Crippen LogP contribution in [0.1, 0.15) is 6.92 Å². The molecule has 2 aromatic carbocycles. The number of benzene rings is 2. The lowest BCUT2D eigenvalue weighted by Crippen LogP contribution is -2.61. The van der Waals surface area contributed by atoms with E-state index in [4.69, 9.17) is 32.8 Å². The summed E-state index contributed by atoms with van der Waals surface area (Å²) in [4.78, 5) is 13.1. The molecule has 3 saturated heterocycles. The number of rotatable bonds is 9. The van der Waals surface area contributed by atoms with Crippen molar-refractivity contribution in [2.45, 2.75) is 99.0 Å². The number of ether oxygens (including phenoxy) is 6. The van der Waals surface area contributed by atoms with Gasteiger partial charge >= 0.3 is 0 Å². The maximum absolute atomic E-state index is 13.1. The molecule has 1 aromatic heterocycles. The number of hydrogen-bond acceptors (Lipinski definition) is 20. The van der Waals surface area contributed by atoms with Crippen molar-refractivity contribution in [1.82, 2.24) is 0 Å². The van der Waals surface area contributed by atoms with E-state index in [1.165, 1.54) is 19.1 Å². The highest BCUT2D eigenvalue weighted by atomic mass is 16.7. The lowest BCUT2D eigenvalue weighted by molar-refractivity contribution is -0.318. The Morgan fingerprint density at radius 3 is 1.91 bits per heavy atom. The Kier molecular flexibility index (Phi) is 11.5. The molecule has 15 atom stereocenters. The topological polar surface area (TPSA) is 328 Å². The molecule has 0 unspecified atom stereocenters. The monoisotopic (exact) mass is 756 g/mol. The molecule has 12 N–H and O–H groups in total. The number of phenolic OH excluding ortho intramolecular Hbond substituents is 2. The average Bonchev–Trinajstić information content (AvgIpc) is 3.12. The first-order valence-corrected chi connectivity index (χ1v) is 16.4. The van der Waals surface area contributed by atoms with E-state index in [2.05, 4.69) is 0 Å². The zero-order chi connectivity index (χ0) is 38.5. The van der Waals surface area contributed by atoms with Crippen LogP contribution in [0.15, 0.2) is 45.6 Å². The lowest BCUT2D eigenvalue weighted by atomic mass is 9.98. The maximum Gasteiger partial charge on any atom is 0.229 e. The van der Waals surface area contributed by atoms with E-state index < -0.39 is 122 Å². The van der Waals surface area contributed by atoms with Crippen LogP contribution in [-0.4, -0.2) is 167 Å². The highest BCUT2D eigenvalue weighted by Gasteiger charge is 2.48. The minimum absolute atomic E-state index is 0.113. The van der Waals surface area contributed by atoms with E-state index in [1.54, 1.807) is 0 Å². The summed E-state index contributed by atoms with van der Waals surface area (Å²) in [6, 6.07) is 6.91. The molecule has 0 spiro atoms. The molecular weight excluding hydrogens is 716 g/mol. The molecule has 3 fully saturated rings. The molecule has 0 amide bonds. The van der Waals surface area contributed by atoms with Crippen LogP contribution in [0.4, 0.5) is 0 Å². The second-order valence-electron chi connectivity index (χ2n) is 12.9. The van der Waals surface area contributed by atoms with Crippen molar-refractivity contribution in [3.8, 4) is 34.3 Å². The molecule has 0 aliphatic carbocycles. The Morgan fingerprint density at radius 2 is 1.25 bits per heavy atom. The molecule has 3 aromatic rings. The standard InChI is InChI=1S/C33H40O20/c1-10-22(38)25(41)28(44)31(48-10)47-9-20-24(40)27(43)29(45)32(53-20)49-12-5-14(36)21-15(37)7-17(50-18(21)6-12)11-2-3-16(13(35)4-11)51-33-30(46)26(42)23(39)19(8-34)52-33/h2-7,10,19-20,22-36,38-46H,8-9H2,1H3/t10-,19-,20-,22-,23-,24-,25+,26+,27+,28-,29-,30-,31-,32-,33-/m0/s1. The number of aromatic hydroxyl groups is 2. The van der Waals surface area contributed by atoms with Crippen molar-refractivity contribution in [3.05, 3.63) is 46.6 Å². The molecule has 20 heteroatoms. The lowest BCUT2D eigenvalue weighted by Gasteiger charge is -2.42. The van der Waals surface area contributed by atoms with Gasteiger partial charge in [0.05, 0.1) is 19.3 Å². The van der Waals surface area contributed by atoms with Crippen molar-refractivity contribution < 1.29 is 94.1 Å². The molecule has 20 nitrogen and oxygen atoms in total. The molecule has 6 rings (SSSR count). The molecule has 0 radical (unpaired) electrons. The Hall–Kier alpha value is -3.71. The Morgan fingerprint density at radius 1 is 0.642 bits per heavy atom. The normalized spacial score (nSPS) is 37.8. The van der Waals surface area contributed by atoms with E-state index in [0.29, 0.717) is 0 Å². The van der Waals surface area contributed by atoms with E-state index >= 15 is 0 Å². The fourth-order valence-corrected chi connectivity index (χ4v) is 6.14. The Balaban J connectivity index is 1.19. The zero-order valence-electron chi connectivity index (χ0n) is 27.7. The fraction of sp³-hybridized carbons (Fsp3) is 0.545. The summed E-state index contributed by atoms with van der Waals surface area (Å²) in [5, 5.41) is 123. The molecule has 3 aliphatic rings. The number of aliphatic hydroxyl groups is 10. The van der Waals surface area contributed by atoms with Gasteiger partial charge < -0.3 is 94.1 Å². The van der Waals surface area contributed by atoms with Crippen LogP contribution in [0.25, 0.3) is 22.3 Å². The predicted octanol–water partition coefficient (Wildman–Crippen LogP) is -3.92. The van der Waals surface area contributed by atoms with Crippen LogP contribution < -0.4 is 14.9 Å². The number of hydrogen-bond donors (Lipinski definition) is 12. The van der Waals surface area contributed by atoms with Gasteiger partial charge in [-0.15, -0.1) is 0 Å². The number of fused-ring (bicyclic) bond motifs is 1. The summed E-state index contributed by atoms with van der Waals surface area (Å²) >= 11 is 0. The van der Waals surface area contributed by atoms with Gasteiger partial charge in [-0.2, -0.15) is 0 Å². The zero-order valence-corrected chi connectivity index (χ0v) is 27.7. The van der Waals surface area contributed by atoms with Crippen LogP contribution in [0.3, 0.4) is 0 Å². The first kappa shape index (κ1) is 39.0. The number of phenols is 2. The van der Waals surface area contributed by atoms with Crippen molar-refractivity contribution in [2.75, 3.05) is 13.2 Å². The first-order valence-electron chi connectivity index (χ1n) is 16.4. The van der Waals surface area contributed by atoms with Crippen molar-refractivity contribution in [2.24, 2.45) is 0 Å². The fourth-order valence-electron chi connectivity index (χ4n) is 6.14. The van der Waals surface area contributed by atoms with Crippen LogP contribution >= 0.6 is 0 Å². The minimum Gasteiger partial charge on any atom is -0.507 e. The average molecular weight is 757 g/mol. The molecular formula is C33H40O20. The Labute approximate surface area is 298 Å². The van der Waals surface area contributed by atoms with Crippen molar-refractivity contribution in [3.63, 3.8) is 0 Å². The molecule has 3 aliphatic heterocycles. The van der Waals surface area contributed by atoms with Gasteiger partial charge in [0.2, 0.25) is 12.6 Å². The second kappa shape index (κ2) is 15.6. The van der Waals surface area contributed by atoms with Crippen LogP contribution in [-0.2, 0) is 18.9 Å². The van der Waals surface area contributed by atoms with E-state index in [0.717, 1.165) is 24.3 Å². The van der Waals surface area contributed by atoms with Gasteiger partial charge in [0.25, 0.3) is 0 Å². The van der Waals surface area contributed by atoms with Gasteiger partial charge in [-0.1, -0.05) is 0 Å². The maximum atomic E-state index is 13.1. The minimum atomic E-state index is -1.85. The molecule has 53 heavy (non-hydrogen) atoms. The van der Waals surface area contributed by atoms with E-state index in [9.17, 15) is 66.1 Å². The van der Waals surface area contributed by atoms with Crippen molar-refractivity contribution in [1.29, 1.82) is 0 Å². The van der Waals surface area contributed by atoms with Crippen LogP contribution in [0.2, 0.25) is 0 Å². The smallest absolute Gasteiger partial charge is 0.229 e. The Bertz CT molecular complexity index is 1800. The number of aliphatic hydroxyl groups excluding tert-OH is 10. The largest absolute Gasteiger partial charge is 0.507 e. The second-order valence-corrected chi connectivity index (χ2v) is 12.9. The highest BCUT2D eigenvalue weighted by molar-refractivity contribution is 5.86. The van der Waals surface area contributed by atoms with E-state index in [1.807, 2.05) is 0 Å². The quantitative estimate of drug-likeness (QED) is 0.0992. The summed E-state index contributed by atoms with van der Waals surface area (Å²) in [6.45, 7) is 0.180. The van der Waals surface area contributed by atoms with E-state index in [-0.39, 0.29) is 33.8 Å². The third-order valence-corrected chi connectivity index (χ3v) is 9.27. The third-order valence-electron chi connectivity index (χ3n) is 9.27. The van der Waals surface area contributed by atoms with Crippen LogP contribution in [0.5, 0.6) is 23.0 Å². The SMILES string of the molecule is C[C@@H]1O[C@H](OC[C@@H]2O[C@H](Oc3cc(O)c4c(=O)cc(-c5ccc(O[C@H]6O[C@@H](CO)[C@H](O)[C@@H](O)[C@@H]6O)c(O)c5)oc4c3)[C@@H](O)[C@H](O)[C@H]2O)[C@@H](O)[C@H](O)[C@H]1O. The van der Waals surface area contributed by atoms with Gasteiger partial charge in [0.15, 0.2) is 23.2 Å². The summed E-state index contributed by atoms with van der Waals surface area (Å²) in [7, 11) is 0. The molecule has 292 valence electrons. The van der Waals surface area contributed by atoms with Gasteiger partial charge in [0, 0.05) is 23.8 Å². The van der Waals surface area contributed by atoms with Crippen LogP contribution in [0, 0.1) is 0 Å². The van der Waals surface area contributed by atoms with Gasteiger partial charge in [-0.05, 0) is 25.1 Å². The molecule has 0 bridgehead atoms. The summed E-state index contributed by atoms with van der Waals surface area (Å²) in [5.41, 5.74) is -0.814. The molecule has 0 saturated carbocycles. The first-order chi connectivity index (χ1) is 25.1. The highest BCUT2D eigenvalue weighted by Crippen LogP contribution is 2.37.